The molecule has 0 heterocycles. The van der Waals surface area contributed by atoms with Crippen molar-refractivity contribution in [1.29, 1.82) is 0 Å². The van der Waals surface area contributed by atoms with Gasteiger partial charge >= 0.3 is 12.4 Å². The number of sulfone groups is 1. The van der Waals surface area contributed by atoms with Gasteiger partial charge in [0.2, 0.25) is 0 Å². The first-order chi connectivity index (χ1) is 12.4. The average Bonchev–Trinajstić information content (AvgIpc) is 2.58. The van der Waals surface area contributed by atoms with E-state index in [9.17, 15) is 34.8 Å². The standard InChI is InChI=1S/C18H16F6O2S/c19-17(20,21)15-5-1-13(2-6-15)9-11-27(25,26)12-10-14-3-7-16(8-4-14)18(22,23)24/h1-8H,9-12H2. The summed E-state index contributed by atoms with van der Waals surface area (Å²) in [7, 11) is -3.50. The van der Waals surface area contributed by atoms with Crippen molar-refractivity contribution in [3.05, 3.63) is 70.8 Å². The van der Waals surface area contributed by atoms with E-state index in [2.05, 4.69) is 0 Å². The summed E-state index contributed by atoms with van der Waals surface area (Å²) in [5, 5.41) is 0. The third-order valence-corrected chi connectivity index (χ3v) is 5.62. The van der Waals surface area contributed by atoms with Crippen molar-refractivity contribution >= 4 is 9.84 Å². The second-order valence-electron chi connectivity index (χ2n) is 6.04. The van der Waals surface area contributed by atoms with Crippen molar-refractivity contribution in [3.63, 3.8) is 0 Å². The lowest BCUT2D eigenvalue weighted by atomic mass is 10.1. The topological polar surface area (TPSA) is 34.1 Å². The molecule has 0 aliphatic heterocycles. The Morgan fingerprint density at radius 2 is 0.889 bits per heavy atom. The lowest BCUT2D eigenvalue weighted by molar-refractivity contribution is -0.138. The van der Waals surface area contributed by atoms with Gasteiger partial charge in [-0.25, -0.2) is 8.42 Å². The highest BCUT2D eigenvalue weighted by molar-refractivity contribution is 7.91. The molecule has 2 aromatic rings. The van der Waals surface area contributed by atoms with Crippen LogP contribution in [-0.4, -0.2) is 19.9 Å². The van der Waals surface area contributed by atoms with E-state index in [0.717, 1.165) is 24.3 Å². The first kappa shape index (κ1) is 21.3. The smallest absolute Gasteiger partial charge is 0.229 e. The molecule has 148 valence electrons. The van der Waals surface area contributed by atoms with E-state index in [1.54, 1.807) is 0 Å². The summed E-state index contributed by atoms with van der Waals surface area (Å²) in [5.74, 6) is -0.502. The first-order valence-corrected chi connectivity index (χ1v) is 9.72. The van der Waals surface area contributed by atoms with Crippen molar-refractivity contribution in [2.45, 2.75) is 25.2 Å². The van der Waals surface area contributed by atoms with Crippen LogP contribution in [0.2, 0.25) is 0 Å². The minimum Gasteiger partial charge on any atom is -0.229 e. The fourth-order valence-electron chi connectivity index (χ4n) is 2.37. The summed E-state index contributed by atoms with van der Waals surface area (Å²) in [6, 6.07) is 8.49. The van der Waals surface area contributed by atoms with Crippen LogP contribution in [0.1, 0.15) is 22.3 Å². The van der Waals surface area contributed by atoms with Gasteiger partial charge in [0.25, 0.3) is 0 Å². The minimum atomic E-state index is -4.45. The second-order valence-corrected chi connectivity index (χ2v) is 8.34. The molecule has 0 atom stereocenters. The van der Waals surface area contributed by atoms with E-state index in [1.165, 1.54) is 24.3 Å². The Morgan fingerprint density at radius 3 is 1.15 bits per heavy atom. The summed E-state index contributed by atoms with van der Waals surface area (Å²) < 4.78 is 99.1. The Balaban J connectivity index is 1.90. The molecule has 0 fully saturated rings. The average molecular weight is 410 g/mol. The van der Waals surface area contributed by atoms with Crippen LogP contribution in [-0.2, 0) is 35.0 Å². The SMILES string of the molecule is O=S(=O)(CCc1ccc(C(F)(F)F)cc1)CCc1ccc(C(F)(F)F)cc1. The van der Waals surface area contributed by atoms with Crippen LogP contribution >= 0.6 is 0 Å². The molecule has 0 N–H and O–H groups in total. The van der Waals surface area contributed by atoms with Gasteiger partial charge in [-0.2, -0.15) is 26.3 Å². The molecule has 0 amide bonds. The van der Waals surface area contributed by atoms with E-state index in [1.807, 2.05) is 0 Å². The molecule has 0 bridgehead atoms. The van der Waals surface area contributed by atoms with E-state index in [4.69, 9.17) is 0 Å². The number of hydrogen-bond acceptors (Lipinski definition) is 2. The van der Waals surface area contributed by atoms with Gasteiger partial charge in [0.15, 0.2) is 9.84 Å². The molecule has 0 spiro atoms. The Bertz CT molecular complexity index is 783. The predicted molar refractivity (Wildman–Crippen MR) is 88.9 cm³/mol. The summed E-state index contributed by atoms with van der Waals surface area (Å²) in [6.45, 7) is 0. The van der Waals surface area contributed by atoms with Gasteiger partial charge in [0.05, 0.1) is 22.6 Å². The number of halogens is 6. The molecule has 2 nitrogen and oxygen atoms in total. The maximum absolute atomic E-state index is 12.5. The summed E-state index contributed by atoms with van der Waals surface area (Å²) in [6.07, 6.45) is -8.78. The van der Waals surface area contributed by atoms with Crippen molar-refractivity contribution < 1.29 is 34.8 Å². The van der Waals surface area contributed by atoms with Gasteiger partial charge in [-0.1, -0.05) is 24.3 Å². The van der Waals surface area contributed by atoms with Crippen LogP contribution in [0.15, 0.2) is 48.5 Å². The maximum Gasteiger partial charge on any atom is 0.416 e. The molecule has 0 unspecified atom stereocenters. The predicted octanol–water partition coefficient (Wildman–Crippen LogP) is 4.92. The molecular weight excluding hydrogens is 394 g/mol. The summed E-state index contributed by atoms with van der Waals surface area (Å²) >= 11 is 0. The Morgan fingerprint density at radius 1 is 0.593 bits per heavy atom. The first-order valence-electron chi connectivity index (χ1n) is 7.89. The molecule has 0 aliphatic rings. The third-order valence-electron chi connectivity index (χ3n) is 3.97. The van der Waals surface area contributed by atoms with Gasteiger partial charge in [-0.15, -0.1) is 0 Å². The van der Waals surface area contributed by atoms with Gasteiger partial charge in [-0.3, -0.25) is 0 Å². The minimum absolute atomic E-state index is 0.0630. The Labute approximate surface area is 152 Å². The Kier molecular flexibility index (Phi) is 6.24. The molecule has 2 aromatic carbocycles. The Hall–Kier alpha value is -2.03. The lowest BCUT2D eigenvalue weighted by Crippen LogP contribution is -2.15. The molecule has 2 rings (SSSR count). The normalized spacial score (nSPS) is 13.0. The maximum atomic E-state index is 12.5. The monoisotopic (exact) mass is 410 g/mol. The zero-order valence-electron chi connectivity index (χ0n) is 13.9. The van der Waals surface area contributed by atoms with E-state index < -0.39 is 33.3 Å². The molecule has 0 radical (unpaired) electrons. The van der Waals surface area contributed by atoms with Crippen molar-refractivity contribution in [2.24, 2.45) is 0 Å². The fraction of sp³-hybridized carbons (Fsp3) is 0.333. The highest BCUT2D eigenvalue weighted by atomic mass is 32.2. The molecule has 0 saturated carbocycles. The van der Waals surface area contributed by atoms with Crippen molar-refractivity contribution in [2.75, 3.05) is 11.5 Å². The lowest BCUT2D eigenvalue weighted by Gasteiger charge is -2.09. The van der Waals surface area contributed by atoms with Crippen molar-refractivity contribution in [1.82, 2.24) is 0 Å². The molecular formula is C18H16F6O2S. The number of rotatable bonds is 6. The van der Waals surface area contributed by atoms with Crippen LogP contribution < -0.4 is 0 Å². The molecule has 27 heavy (non-hydrogen) atoms. The van der Waals surface area contributed by atoms with Crippen LogP contribution in [0.3, 0.4) is 0 Å². The number of hydrogen-bond donors (Lipinski definition) is 0. The number of benzene rings is 2. The van der Waals surface area contributed by atoms with Crippen molar-refractivity contribution in [3.8, 4) is 0 Å². The number of aryl methyl sites for hydroxylation is 2. The van der Waals surface area contributed by atoms with Gasteiger partial charge < -0.3 is 0 Å². The van der Waals surface area contributed by atoms with Crippen LogP contribution in [0, 0.1) is 0 Å². The molecule has 0 aromatic heterocycles. The second kappa shape index (κ2) is 7.92. The molecule has 9 heteroatoms. The zero-order chi connectivity index (χ0) is 20.3. The molecule has 0 saturated heterocycles. The van der Waals surface area contributed by atoms with E-state index in [0.29, 0.717) is 11.1 Å². The number of alkyl halides is 6. The van der Waals surface area contributed by atoms with Gasteiger partial charge in [0.1, 0.15) is 0 Å². The van der Waals surface area contributed by atoms with E-state index >= 15 is 0 Å². The quantitative estimate of drug-likeness (QED) is 0.634. The summed E-state index contributed by atoms with van der Waals surface area (Å²) in [5.41, 5.74) is -0.699. The highest BCUT2D eigenvalue weighted by Crippen LogP contribution is 2.30. The van der Waals surface area contributed by atoms with E-state index in [-0.39, 0.29) is 24.3 Å². The summed E-state index contributed by atoms with van der Waals surface area (Å²) in [4.78, 5) is 0. The van der Waals surface area contributed by atoms with Crippen LogP contribution in [0.4, 0.5) is 26.3 Å². The fourth-order valence-corrected chi connectivity index (χ4v) is 3.67. The van der Waals surface area contributed by atoms with Gasteiger partial charge in [-0.05, 0) is 48.2 Å². The van der Waals surface area contributed by atoms with Crippen LogP contribution in [0.5, 0.6) is 0 Å². The zero-order valence-corrected chi connectivity index (χ0v) is 14.8. The highest BCUT2D eigenvalue weighted by Gasteiger charge is 2.30. The van der Waals surface area contributed by atoms with Crippen LogP contribution in [0.25, 0.3) is 0 Å². The third kappa shape index (κ3) is 6.57. The molecule has 0 aliphatic carbocycles. The van der Waals surface area contributed by atoms with Gasteiger partial charge in [0, 0.05) is 0 Å². The largest absolute Gasteiger partial charge is 0.416 e.